The number of benzene rings is 1. The number of carboxylic acids is 1. The van der Waals surface area contributed by atoms with E-state index in [0.717, 1.165) is 5.56 Å². The maximum atomic E-state index is 12.1. The highest BCUT2D eigenvalue weighted by atomic mass is 16.5. The smallest absolute Gasteiger partial charge is 0.328 e. The van der Waals surface area contributed by atoms with E-state index in [1.807, 2.05) is 30.3 Å². The Bertz CT molecular complexity index is 560. The summed E-state index contributed by atoms with van der Waals surface area (Å²) in [7, 11) is 1.26. The van der Waals surface area contributed by atoms with Crippen LogP contribution in [-0.4, -0.2) is 60.1 Å². The lowest BCUT2D eigenvalue weighted by molar-refractivity contribution is -0.145. The van der Waals surface area contributed by atoms with Gasteiger partial charge in [0.05, 0.1) is 13.7 Å². The quantitative estimate of drug-likeness (QED) is 0.528. The zero-order chi connectivity index (χ0) is 16.1. The Morgan fingerprint density at radius 2 is 2.05 bits per heavy atom. The minimum absolute atomic E-state index is 0.181. The van der Waals surface area contributed by atoms with Crippen molar-refractivity contribution in [3.8, 4) is 0 Å². The Morgan fingerprint density at radius 1 is 1.36 bits per heavy atom. The molecular weight excluding hydrogens is 288 g/mol. The van der Waals surface area contributed by atoms with Crippen LogP contribution in [0.25, 0.3) is 0 Å². The number of aliphatic carboxylic acids is 1. The number of nitrogens with one attached hydrogen (secondary N) is 1. The first-order chi connectivity index (χ1) is 10.5. The van der Waals surface area contributed by atoms with Crippen molar-refractivity contribution >= 4 is 17.8 Å². The molecule has 1 saturated heterocycles. The molecule has 0 aromatic heterocycles. The molecule has 1 heterocycles. The number of hydrogen-bond acceptors (Lipinski definition) is 5. The molecule has 7 heteroatoms. The summed E-state index contributed by atoms with van der Waals surface area (Å²) in [5, 5.41) is 11.3. The fourth-order valence-corrected chi connectivity index (χ4v) is 2.23. The standard InChI is InChI=1S/C15H18N2O5/c1-22-15(21)11(7-10-5-3-2-4-6-10)16-14(20)12-8-17(12)9-13(18)19/h2-6,11-12H,7-9H2,1H3,(H,16,20)(H,18,19)/t11-,12?,17?/m0/s1. The number of esters is 1. The van der Waals surface area contributed by atoms with Gasteiger partial charge < -0.3 is 15.2 Å². The second-order valence-corrected chi connectivity index (χ2v) is 5.11. The highest BCUT2D eigenvalue weighted by Gasteiger charge is 2.42. The summed E-state index contributed by atoms with van der Waals surface area (Å²) in [5.74, 6) is -1.86. The van der Waals surface area contributed by atoms with Crippen LogP contribution in [-0.2, 0) is 25.5 Å². The number of carbonyl (C=O) groups is 3. The number of amides is 1. The van der Waals surface area contributed by atoms with E-state index in [0.29, 0.717) is 13.0 Å². The summed E-state index contributed by atoms with van der Waals surface area (Å²) in [6.45, 7) is 0.205. The van der Waals surface area contributed by atoms with E-state index >= 15 is 0 Å². The van der Waals surface area contributed by atoms with Crippen molar-refractivity contribution in [2.45, 2.75) is 18.5 Å². The van der Waals surface area contributed by atoms with Gasteiger partial charge in [0.15, 0.2) is 0 Å². The molecule has 0 radical (unpaired) electrons. The molecule has 1 aliphatic heterocycles. The van der Waals surface area contributed by atoms with Crippen LogP contribution < -0.4 is 5.32 Å². The van der Waals surface area contributed by atoms with Crippen molar-refractivity contribution in [2.75, 3.05) is 20.2 Å². The molecule has 2 rings (SSSR count). The number of hydrogen-bond donors (Lipinski definition) is 2. The molecule has 1 fully saturated rings. The van der Waals surface area contributed by atoms with Crippen molar-refractivity contribution in [1.29, 1.82) is 0 Å². The Kier molecular flexibility index (Phi) is 5.11. The second kappa shape index (κ2) is 7.04. The molecule has 22 heavy (non-hydrogen) atoms. The van der Waals surface area contributed by atoms with E-state index in [1.54, 1.807) is 0 Å². The summed E-state index contributed by atoms with van der Waals surface area (Å²) in [6, 6.07) is 8.00. The average Bonchev–Trinajstić information content (AvgIpc) is 3.25. The molecule has 0 spiro atoms. The predicted octanol–water partition coefficient (Wildman–Crippen LogP) is -0.344. The fourth-order valence-electron chi connectivity index (χ4n) is 2.23. The molecule has 2 N–H and O–H groups in total. The number of methoxy groups -OCH3 is 1. The van der Waals surface area contributed by atoms with Crippen LogP contribution in [0.3, 0.4) is 0 Å². The summed E-state index contributed by atoms with van der Waals surface area (Å²) in [6.07, 6.45) is 0.324. The number of nitrogens with zero attached hydrogens (tertiary/aromatic N) is 1. The Labute approximate surface area is 127 Å². The van der Waals surface area contributed by atoms with Gasteiger partial charge in [0.2, 0.25) is 5.91 Å². The third-order valence-corrected chi connectivity index (χ3v) is 3.44. The molecule has 0 saturated carbocycles. The molecule has 1 amide bonds. The topological polar surface area (TPSA) is 95.7 Å². The van der Waals surface area contributed by atoms with Gasteiger partial charge in [0, 0.05) is 13.0 Å². The highest BCUT2D eigenvalue weighted by Crippen LogP contribution is 2.17. The first-order valence-electron chi connectivity index (χ1n) is 6.89. The van der Waals surface area contributed by atoms with Gasteiger partial charge in [-0.15, -0.1) is 0 Å². The van der Waals surface area contributed by atoms with Crippen molar-refractivity contribution < 1.29 is 24.2 Å². The largest absolute Gasteiger partial charge is 0.480 e. The van der Waals surface area contributed by atoms with Crippen LogP contribution in [0.4, 0.5) is 0 Å². The monoisotopic (exact) mass is 306 g/mol. The number of rotatable bonds is 7. The van der Waals surface area contributed by atoms with Gasteiger partial charge >= 0.3 is 11.9 Å². The molecule has 3 atom stereocenters. The van der Waals surface area contributed by atoms with Crippen molar-refractivity contribution in [1.82, 2.24) is 10.2 Å². The fraction of sp³-hybridized carbons (Fsp3) is 0.400. The van der Waals surface area contributed by atoms with E-state index in [9.17, 15) is 14.4 Å². The van der Waals surface area contributed by atoms with E-state index in [4.69, 9.17) is 9.84 Å². The van der Waals surface area contributed by atoms with Gasteiger partial charge in [0.1, 0.15) is 12.1 Å². The molecule has 2 unspecified atom stereocenters. The third-order valence-electron chi connectivity index (χ3n) is 3.44. The van der Waals surface area contributed by atoms with Gasteiger partial charge in [-0.05, 0) is 5.56 Å². The average molecular weight is 306 g/mol. The minimum Gasteiger partial charge on any atom is -0.480 e. The molecule has 7 nitrogen and oxygen atoms in total. The van der Waals surface area contributed by atoms with E-state index < -0.39 is 24.0 Å². The normalized spacial score (nSPS) is 20.8. The maximum absolute atomic E-state index is 12.1. The van der Waals surface area contributed by atoms with Crippen LogP contribution in [0.5, 0.6) is 0 Å². The molecule has 0 bridgehead atoms. The number of carboxylic acid groups (broad SMARTS) is 1. The molecule has 1 aromatic rings. The van der Waals surface area contributed by atoms with Gasteiger partial charge in [-0.3, -0.25) is 14.5 Å². The second-order valence-electron chi connectivity index (χ2n) is 5.11. The predicted molar refractivity (Wildman–Crippen MR) is 77.1 cm³/mol. The van der Waals surface area contributed by atoms with Crippen molar-refractivity contribution in [3.05, 3.63) is 35.9 Å². The molecule has 1 aliphatic rings. The van der Waals surface area contributed by atoms with Crippen LogP contribution in [0.1, 0.15) is 5.56 Å². The van der Waals surface area contributed by atoms with Gasteiger partial charge in [-0.2, -0.15) is 0 Å². The minimum atomic E-state index is -0.982. The van der Waals surface area contributed by atoms with Gasteiger partial charge in [-0.25, -0.2) is 4.79 Å². The highest BCUT2D eigenvalue weighted by molar-refractivity contribution is 5.90. The molecule has 0 aliphatic carbocycles. The third kappa shape index (κ3) is 4.29. The lowest BCUT2D eigenvalue weighted by Crippen LogP contribution is -2.45. The van der Waals surface area contributed by atoms with Crippen LogP contribution in [0.15, 0.2) is 30.3 Å². The van der Waals surface area contributed by atoms with E-state index in [2.05, 4.69) is 5.32 Å². The van der Waals surface area contributed by atoms with Gasteiger partial charge in [-0.1, -0.05) is 30.3 Å². The van der Waals surface area contributed by atoms with Gasteiger partial charge in [0.25, 0.3) is 0 Å². The summed E-state index contributed by atoms with van der Waals surface area (Å²) >= 11 is 0. The lowest BCUT2D eigenvalue weighted by atomic mass is 10.1. The Hall–Kier alpha value is -2.41. The van der Waals surface area contributed by atoms with E-state index in [1.165, 1.54) is 12.0 Å². The maximum Gasteiger partial charge on any atom is 0.328 e. The van der Waals surface area contributed by atoms with Crippen LogP contribution >= 0.6 is 0 Å². The SMILES string of the molecule is COC(=O)[C@H](Cc1ccccc1)NC(=O)C1CN1CC(=O)O. The molecule has 1 aromatic carbocycles. The Morgan fingerprint density at radius 3 is 2.64 bits per heavy atom. The Balaban J connectivity index is 1.94. The van der Waals surface area contributed by atoms with Crippen molar-refractivity contribution in [3.63, 3.8) is 0 Å². The summed E-state index contributed by atoms with van der Waals surface area (Å²) < 4.78 is 4.72. The van der Waals surface area contributed by atoms with Crippen LogP contribution in [0.2, 0.25) is 0 Å². The van der Waals surface area contributed by atoms with Crippen LogP contribution in [0, 0.1) is 0 Å². The number of carbonyl (C=O) groups excluding carboxylic acids is 2. The first kappa shape index (κ1) is 16.0. The lowest BCUT2D eigenvalue weighted by Gasteiger charge is -2.16. The zero-order valence-corrected chi connectivity index (χ0v) is 12.2. The summed E-state index contributed by atoms with van der Waals surface area (Å²) in [4.78, 5) is 36.0. The van der Waals surface area contributed by atoms with Crippen molar-refractivity contribution in [2.24, 2.45) is 0 Å². The van der Waals surface area contributed by atoms with E-state index in [-0.39, 0.29) is 12.5 Å². The zero-order valence-electron chi connectivity index (χ0n) is 12.2. The molecular formula is C15H18N2O5. The summed E-state index contributed by atoms with van der Waals surface area (Å²) in [5.41, 5.74) is 0.899. The molecule has 118 valence electrons. The first-order valence-corrected chi connectivity index (χ1v) is 6.89. The number of ether oxygens (including phenoxy) is 1.